The zero-order valence-electron chi connectivity index (χ0n) is 12.2. The van der Waals surface area contributed by atoms with Crippen LogP contribution in [0.2, 0.25) is 0 Å². The number of aromatic nitrogens is 2. The van der Waals surface area contributed by atoms with Crippen LogP contribution >= 0.6 is 11.3 Å². The first-order chi connectivity index (χ1) is 10.6. The average molecular weight is 323 g/mol. The molecule has 7 nitrogen and oxygen atoms in total. The molecule has 0 atom stereocenters. The molecule has 0 radical (unpaired) electrons. The van der Waals surface area contributed by atoms with E-state index in [-0.39, 0.29) is 17.1 Å². The van der Waals surface area contributed by atoms with Crippen LogP contribution in [0.1, 0.15) is 36.0 Å². The number of fused-ring (bicyclic) bond motifs is 1. The standard InChI is InChI=1S/C14H17N3O4S/c1-21-11(18)5-3-2-4-6-15-12(19)10-9-16-14-17(13(10)20)7-8-22-14/h7-9H,2-6H2,1H3,(H,15,19). The summed E-state index contributed by atoms with van der Waals surface area (Å²) in [7, 11) is 1.36. The van der Waals surface area contributed by atoms with E-state index in [1.165, 1.54) is 29.0 Å². The maximum Gasteiger partial charge on any atom is 0.305 e. The molecule has 22 heavy (non-hydrogen) atoms. The van der Waals surface area contributed by atoms with Crippen molar-refractivity contribution in [3.8, 4) is 0 Å². The van der Waals surface area contributed by atoms with E-state index in [9.17, 15) is 14.4 Å². The third-order valence-electron chi connectivity index (χ3n) is 3.16. The van der Waals surface area contributed by atoms with Crippen LogP contribution in [0.4, 0.5) is 0 Å². The molecule has 0 spiro atoms. The van der Waals surface area contributed by atoms with Gasteiger partial charge in [0.05, 0.1) is 7.11 Å². The van der Waals surface area contributed by atoms with Gasteiger partial charge in [-0.05, 0) is 12.8 Å². The summed E-state index contributed by atoms with van der Waals surface area (Å²) in [4.78, 5) is 39.6. The molecule has 0 bridgehead atoms. The fourth-order valence-electron chi connectivity index (χ4n) is 1.95. The van der Waals surface area contributed by atoms with E-state index in [0.29, 0.717) is 24.3 Å². The Balaban J connectivity index is 1.80. The molecule has 8 heteroatoms. The zero-order chi connectivity index (χ0) is 15.9. The lowest BCUT2D eigenvalue weighted by molar-refractivity contribution is -0.140. The molecule has 2 heterocycles. The highest BCUT2D eigenvalue weighted by Crippen LogP contribution is 2.05. The normalized spacial score (nSPS) is 10.6. The number of hydrogen-bond donors (Lipinski definition) is 1. The van der Waals surface area contributed by atoms with Gasteiger partial charge in [0, 0.05) is 30.7 Å². The Hall–Kier alpha value is -2.22. The lowest BCUT2D eigenvalue weighted by Gasteiger charge is -2.05. The molecule has 0 aliphatic carbocycles. The lowest BCUT2D eigenvalue weighted by Crippen LogP contribution is -2.31. The second-order valence-corrected chi connectivity index (χ2v) is 5.55. The topological polar surface area (TPSA) is 89.8 Å². The third kappa shape index (κ3) is 3.91. The summed E-state index contributed by atoms with van der Waals surface area (Å²) in [5.41, 5.74) is -0.333. The number of nitrogens with zero attached hydrogens (tertiary/aromatic N) is 2. The van der Waals surface area contributed by atoms with E-state index in [2.05, 4.69) is 15.0 Å². The molecule has 2 aromatic rings. The van der Waals surface area contributed by atoms with Gasteiger partial charge in [0.1, 0.15) is 5.56 Å². The second-order valence-electron chi connectivity index (χ2n) is 4.68. The molecule has 0 aromatic carbocycles. The van der Waals surface area contributed by atoms with Crippen molar-refractivity contribution in [1.82, 2.24) is 14.7 Å². The van der Waals surface area contributed by atoms with Gasteiger partial charge in [-0.15, -0.1) is 11.3 Å². The summed E-state index contributed by atoms with van der Waals surface area (Å²) >= 11 is 1.34. The number of esters is 1. The molecule has 0 aliphatic rings. The monoisotopic (exact) mass is 323 g/mol. The summed E-state index contributed by atoms with van der Waals surface area (Å²) in [6.45, 7) is 0.450. The zero-order valence-corrected chi connectivity index (χ0v) is 13.0. The van der Waals surface area contributed by atoms with Gasteiger partial charge < -0.3 is 10.1 Å². The SMILES string of the molecule is COC(=O)CCCCCNC(=O)c1cnc2sccn2c1=O. The highest BCUT2D eigenvalue weighted by Gasteiger charge is 2.13. The number of rotatable bonds is 7. The van der Waals surface area contributed by atoms with Gasteiger partial charge in [0.15, 0.2) is 4.96 Å². The van der Waals surface area contributed by atoms with Gasteiger partial charge in [0.25, 0.3) is 11.5 Å². The lowest BCUT2D eigenvalue weighted by atomic mass is 10.2. The number of carbonyl (C=O) groups excluding carboxylic acids is 2. The number of nitrogens with one attached hydrogen (secondary N) is 1. The van der Waals surface area contributed by atoms with Crippen LogP contribution in [0.15, 0.2) is 22.6 Å². The average Bonchev–Trinajstić information content (AvgIpc) is 3.00. The molecule has 1 N–H and O–H groups in total. The predicted octanol–water partition coefficient (Wildman–Crippen LogP) is 1.22. The number of carbonyl (C=O) groups is 2. The third-order valence-corrected chi connectivity index (χ3v) is 3.93. The molecule has 2 rings (SSSR count). The Morgan fingerprint density at radius 2 is 2.18 bits per heavy atom. The van der Waals surface area contributed by atoms with Crippen molar-refractivity contribution in [1.29, 1.82) is 0 Å². The Kier molecular flexibility index (Phi) is 5.65. The van der Waals surface area contributed by atoms with Gasteiger partial charge in [-0.2, -0.15) is 0 Å². The first kappa shape index (κ1) is 16.2. The molecular formula is C14H17N3O4S. The smallest absolute Gasteiger partial charge is 0.305 e. The van der Waals surface area contributed by atoms with Crippen molar-refractivity contribution >= 4 is 28.2 Å². The number of hydrogen-bond acceptors (Lipinski definition) is 6. The molecule has 0 unspecified atom stereocenters. The number of unbranched alkanes of at least 4 members (excludes halogenated alkanes) is 2. The van der Waals surface area contributed by atoms with Crippen molar-refractivity contribution in [2.24, 2.45) is 0 Å². The highest BCUT2D eigenvalue weighted by atomic mass is 32.1. The minimum absolute atomic E-state index is 0.0328. The number of amides is 1. The quantitative estimate of drug-likeness (QED) is 0.611. The van der Waals surface area contributed by atoms with Gasteiger partial charge in [-0.1, -0.05) is 6.42 Å². The van der Waals surface area contributed by atoms with E-state index in [4.69, 9.17) is 0 Å². The van der Waals surface area contributed by atoms with Crippen molar-refractivity contribution in [2.75, 3.05) is 13.7 Å². The van der Waals surface area contributed by atoms with E-state index in [1.807, 2.05) is 0 Å². The van der Waals surface area contributed by atoms with Gasteiger partial charge in [-0.25, -0.2) is 4.98 Å². The largest absolute Gasteiger partial charge is 0.469 e. The van der Waals surface area contributed by atoms with Gasteiger partial charge in [0.2, 0.25) is 0 Å². The molecule has 0 saturated carbocycles. The van der Waals surface area contributed by atoms with Crippen molar-refractivity contribution in [3.05, 3.63) is 33.7 Å². The van der Waals surface area contributed by atoms with Crippen LogP contribution < -0.4 is 10.9 Å². The molecule has 0 aliphatic heterocycles. The van der Waals surface area contributed by atoms with E-state index >= 15 is 0 Å². The van der Waals surface area contributed by atoms with Crippen LogP contribution in [-0.4, -0.2) is 34.9 Å². The Morgan fingerprint density at radius 1 is 1.36 bits per heavy atom. The molecule has 0 saturated heterocycles. The Bertz CT molecular complexity index is 722. The fourth-order valence-corrected chi connectivity index (χ4v) is 2.63. The molecule has 2 aromatic heterocycles. The Morgan fingerprint density at radius 3 is 2.95 bits per heavy atom. The van der Waals surface area contributed by atoms with E-state index in [0.717, 1.165) is 12.8 Å². The predicted molar refractivity (Wildman–Crippen MR) is 82.2 cm³/mol. The number of thiazole rings is 1. The summed E-state index contributed by atoms with van der Waals surface area (Å²) in [5, 5.41) is 4.44. The van der Waals surface area contributed by atoms with Gasteiger partial charge >= 0.3 is 5.97 Å². The van der Waals surface area contributed by atoms with Crippen LogP contribution in [0.25, 0.3) is 4.96 Å². The Labute approximate surface area is 130 Å². The first-order valence-corrected chi connectivity index (χ1v) is 7.81. The van der Waals surface area contributed by atoms with E-state index in [1.54, 1.807) is 11.6 Å². The van der Waals surface area contributed by atoms with E-state index < -0.39 is 5.91 Å². The van der Waals surface area contributed by atoms with Crippen LogP contribution in [0.3, 0.4) is 0 Å². The van der Waals surface area contributed by atoms with Gasteiger partial charge in [-0.3, -0.25) is 18.8 Å². The summed E-state index contributed by atoms with van der Waals surface area (Å²) in [5.74, 6) is -0.654. The maximum absolute atomic E-state index is 12.1. The first-order valence-electron chi connectivity index (χ1n) is 6.93. The molecule has 1 amide bonds. The van der Waals surface area contributed by atoms with Crippen molar-refractivity contribution in [2.45, 2.75) is 25.7 Å². The summed E-state index contributed by atoms with van der Waals surface area (Å²) < 4.78 is 5.90. The maximum atomic E-state index is 12.1. The van der Waals surface area contributed by atoms with Crippen LogP contribution in [0, 0.1) is 0 Å². The van der Waals surface area contributed by atoms with Crippen molar-refractivity contribution < 1.29 is 14.3 Å². The second kappa shape index (κ2) is 7.69. The summed E-state index contributed by atoms with van der Waals surface area (Å²) in [6, 6.07) is 0. The molecular weight excluding hydrogens is 306 g/mol. The minimum Gasteiger partial charge on any atom is -0.469 e. The fraction of sp³-hybridized carbons (Fsp3) is 0.429. The summed E-state index contributed by atoms with van der Waals surface area (Å²) in [6.07, 6.45) is 5.53. The minimum atomic E-state index is -0.425. The number of ether oxygens (including phenoxy) is 1. The molecule has 118 valence electrons. The molecule has 0 fully saturated rings. The van der Waals surface area contributed by atoms with Crippen molar-refractivity contribution in [3.63, 3.8) is 0 Å². The van der Waals surface area contributed by atoms with Crippen LogP contribution in [-0.2, 0) is 9.53 Å². The highest BCUT2D eigenvalue weighted by molar-refractivity contribution is 7.15. The number of methoxy groups -OCH3 is 1. The van der Waals surface area contributed by atoms with Crippen LogP contribution in [0.5, 0.6) is 0 Å².